The molecule has 0 fully saturated rings. The number of oxazole rings is 1. The molecule has 0 aliphatic heterocycles. The molecule has 0 N–H and O–H groups in total. The lowest BCUT2D eigenvalue weighted by Crippen LogP contribution is -2.13. The Hall–Kier alpha value is -2.20. The Bertz CT molecular complexity index is 798. The Morgan fingerprint density at radius 2 is 1.67 bits per heavy atom. The van der Waals surface area contributed by atoms with Gasteiger partial charge in [0.2, 0.25) is 0 Å². The van der Waals surface area contributed by atoms with Crippen molar-refractivity contribution < 1.29 is 4.42 Å². The topological polar surface area (TPSA) is 35.1 Å². The van der Waals surface area contributed by atoms with Crippen molar-refractivity contribution in [1.82, 2.24) is 4.57 Å². The molecule has 0 spiro atoms. The highest BCUT2D eigenvalue weighted by molar-refractivity contribution is 7.98. The Labute approximate surface area is 127 Å². The fourth-order valence-electron chi connectivity index (χ4n) is 2.21. The molecule has 0 unspecified atom stereocenters. The van der Waals surface area contributed by atoms with Gasteiger partial charge in [0.25, 0.3) is 0 Å². The van der Waals surface area contributed by atoms with Gasteiger partial charge in [0.15, 0.2) is 0 Å². The summed E-state index contributed by atoms with van der Waals surface area (Å²) in [5.74, 6) is -0.372. The number of aromatic nitrogens is 1. The van der Waals surface area contributed by atoms with Crippen LogP contribution >= 0.6 is 11.8 Å². The van der Waals surface area contributed by atoms with E-state index in [1.807, 2.05) is 61.7 Å². The lowest BCUT2D eigenvalue weighted by Gasteiger charge is -2.07. The molecule has 0 saturated heterocycles. The highest BCUT2D eigenvalue weighted by atomic mass is 32.2. The third-order valence-electron chi connectivity index (χ3n) is 3.37. The average Bonchev–Trinajstić information content (AvgIpc) is 2.90. The Balaban J connectivity index is 2.11. The van der Waals surface area contributed by atoms with E-state index in [9.17, 15) is 4.79 Å². The lowest BCUT2D eigenvalue weighted by atomic mass is 10.1. The maximum absolute atomic E-state index is 12.0. The molecule has 0 radical (unpaired) electrons. The Morgan fingerprint density at radius 3 is 2.29 bits per heavy atom. The predicted molar refractivity (Wildman–Crippen MR) is 86.3 cm³/mol. The smallest absolute Gasteiger partial charge is 0.415 e. The summed E-state index contributed by atoms with van der Waals surface area (Å²) in [5.41, 5.74) is 3.68. The SMILES string of the molecule is CSc1ccc(-c2coc(=O)n2-c2ccc(C)cc2)cc1. The van der Waals surface area contributed by atoms with Gasteiger partial charge >= 0.3 is 5.76 Å². The van der Waals surface area contributed by atoms with Crippen LogP contribution in [0.3, 0.4) is 0 Å². The van der Waals surface area contributed by atoms with E-state index in [0.717, 1.165) is 22.5 Å². The van der Waals surface area contributed by atoms with E-state index < -0.39 is 0 Å². The summed E-state index contributed by atoms with van der Waals surface area (Å²) in [6.07, 6.45) is 3.55. The highest BCUT2D eigenvalue weighted by Crippen LogP contribution is 2.24. The van der Waals surface area contributed by atoms with E-state index in [0.29, 0.717) is 0 Å². The average molecular weight is 297 g/mol. The largest absolute Gasteiger partial charge is 0.424 e. The van der Waals surface area contributed by atoms with E-state index in [1.165, 1.54) is 11.2 Å². The maximum atomic E-state index is 12.0. The van der Waals surface area contributed by atoms with Gasteiger partial charge in [-0.2, -0.15) is 0 Å². The van der Waals surface area contributed by atoms with Crippen molar-refractivity contribution in [2.24, 2.45) is 0 Å². The van der Waals surface area contributed by atoms with Crippen LogP contribution in [0.15, 0.2) is 68.9 Å². The molecule has 0 bridgehead atoms. The molecular weight excluding hydrogens is 282 g/mol. The zero-order chi connectivity index (χ0) is 14.8. The van der Waals surface area contributed by atoms with Crippen molar-refractivity contribution in [3.63, 3.8) is 0 Å². The number of benzene rings is 2. The van der Waals surface area contributed by atoms with Crippen molar-refractivity contribution in [3.8, 4) is 16.9 Å². The molecule has 0 atom stereocenters. The summed E-state index contributed by atoms with van der Waals surface area (Å²) in [5, 5.41) is 0. The van der Waals surface area contributed by atoms with Crippen LogP contribution in [0.1, 0.15) is 5.56 Å². The van der Waals surface area contributed by atoms with Gasteiger partial charge in [-0.15, -0.1) is 11.8 Å². The second kappa shape index (κ2) is 5.66. The summed E-state index contributed by atoms with van der Waals surface area (Å²) in [6, 6.07) is 15.9. The normalized spacial score (nSPS) is 10.8. The summed E-state index contributed by atoms with van der Waals surface area (Å²) in [6.45, 7) is 2.02. The molecule has 21 heavy (non-hydrogen) atoms. The first-order valence-corrected chi connectivity index (χ1v) is 7.83. The number of hydrogen-bond acceptors (Lipinski definition) is 3. The van der Waals surface area contributed by atoms with E-state index >= 15 is 0 Å². The molecule has 3 nitrogen and oxygen atoms in total. The lowest BCUT2D eigenvalue weighted by molar-refractivity contribution is 0.504. The summed E-state index contributed by atoms with van der Waals surface area (Å²) >= 11 is 1.69. The highest BCUT2D eigenvalue weighted by Gasteiger charge is 2.12. The molecule has 106 valence electrons. The second-order valence-corrected chi connectivity index (χ2v) is 5.67. The molecule has 2 aromatic carbocycles. The minimum atomic E-state index is -0.372. The standard InChI is InChI=1S/C17H15NO2S/c1-12-3-7-14(8-4-12)18-16(11-20-17(18)19)13-5-9-15(21-2)10-6-13/h3-11H,1-2H3. The van der Waals surface area contributed by atoms with Gasteiger partial charge in [-0.05, 0) is 37.4 Å². The van der Waals surface area contributed by atoms with Gasteiger partial charge in [0.05, 0.1) is 11.4 Å². The van der Waals surface area contributed by atoms with Crippen molar-refractivity contribution >= 4 is 11.8 Å². The van der Waals surface area contributed by atoms with Crippen LogP contribution in [0.5, 0.6) is 0 Å². The monoisotopic (exact) mass is 297 g/mol. The van der Waals surface area contributed by atoms with Crippen molar-refractivity contribution in [1.29, 1.82) is 0 Å². The summed E-state index contributed by atoms with van der Waals surface area (Å²) in [7, 11) is 0. The summed E-state index contributed by atoms with van der Waals surface area (Å²) < 4.78 is 6.68. The summed E-state index contributed by atoms with van der Waals surface area (Å²) in [4.78, 5) is 13.2. The van der Waals surface area contributed by atoms with E-state index in [2.05, 4.69) is 0 Å². The quantitative estimate of drug-likeness (QED) is 0.682. The molecule has 0 amide bonds. The minimum absolute atomic E-state index is 0.372. The molecule has 0 aliphatic rings. The molecule has 0 aliphatic carbocycles. The van der Waals surface area contributed by atoms with Gasteiger partial charge in [-0.3, -0.25) is 0 Å². The number of thioether (sulfide) groups is 1. The van der Waals surface area contributed by atoms with Gasteiger partial charge in [-0.1, -0.05) is 29.8 Å². The fraction of sp³-hybridized carbons (Fsp3) is 0.118. The van der Waals surface area contributed by atoms with Gasteiger partial charge in [0, 0.05) is 10.5 Å². The van der Waals surface area contributed by atoms with Crippen molar-refractivity contribution in [3.05, 3.63) is 70.9 Å². The van der Waals surface area contributed by atoms with Gasteiger partial charge in [0.1, 0.15) is 6.26 Å². The third kappa shape index (κ3) is 2.67. The van der Waals surface area contributed by atoms with Crippen LogP contribution in [0.25, 0.3) is 16.9 Å². The van der Waals surface area contributed by atoms with Crippen molar-refractivity contribution in [2.75, 3.05) is 6.26 Å². The molecular formula is C17H15NO2S. The first-order chi connectivity index (χ1) is 10.2. The minimum Gasteiger partial charge on any atom is -0.415 e. The zero-order valence-electron chi connectivity index (χ0n) is 11.9. The van der Waals surface area contributed by atoms with Gasteiger partial charge in [-0.25, -0.2) is 9.36 Å². The Morgan fingerprint density at radius 1 is 1.00 bits per heavy atom. The van der Waals surface area contributed by atoms with Crippen LogP contribution in [0, 0.1) is 6.92 Å². The first-order valence-electron chi connectivity index (χ1n) is 6.61. The number of nitrogens with zero attached hydrogens (tertiary/aromatic N) is 1. The molecule has 0 saturated carbocycles. The number of hydrogen-bond donors (Lipinski definition) is 0. The number of aryl methyl sites for hydroxylation is 1. The van der Waals surface area contributed by atoms with E-state index in [-0.39, 0.29) is 5.76 Å². The van der Waals surface area contributed by atoms with Gasteiger partial charge < -0.3 is 4.42 Å². The maximum Gasteiger partial charge on any atom is 0.424 e. The Kier molecular flexibility index (Phi) is 3.71. The number of rotatable bonds is 3. The molecule has 1 heterocycles. The fourth-order valence-corrected chi connectivity index (χ4v) is 2.62. The van der Waals surface area contributed by atoms with Crippen LogP contribution in [-0.4, -0.2) is 10.8 Å². The first kappa shape index (κ1) is 13.8. The molecule has 3 aromatic rings. The third-order valence-corrected chi connectivity index (χ3v) is 4.12. The molecule has 1 aromatic heterocycles. The van der Waals surface area contributed by atoms with Crippen LogP contribution in [0.4, 0.5) is 0 Å². The van der Waals surface area contributed by atoms with E-state index in [1.54, 1.807) is 16.3 Å². The molecule has 4 heteroatoms. The second-order valence-electron chi connectivity index (χ2n) is 4.79. The van der Waals surface area contributed by atoms with Crippen LogP contribution in [-0.2, 0) is 0 Å². The molecule has 3 rings (SSSR count). The predicted octanol–water partition coefficient (Wildman–Crippen LogP) is 4.13. The van der Waals surface area contributed by atoms with E-state index in [4.69, 9.17) is 4.42 Å². The van der Waals surface area contributed by atoms with Crippen molar-refractivity contribution in [2.45, 2.75) is 11.8 Å². The van der Waals surface area contributed by atoms with Crippen LogP contribution in [0.2, 0.25) is 0 Å². The van der Waals surface area contributed by atoms with Crippen LogP contribution < -0.4 is 5.76 Å². The zero-order valence-corrected chi connectivity index (χ0v) is 12.7.